The van der Waals surface area contributed by atoms with Gasteiger partial charge < -0.3 is 10.8 Å². The molecule has 2 heterocycles. The van der Waals surface area contributed by atoms with Crippen LogP contribution in [0.5, 0.6) is 0 Å². The van der Waals surface area contributed by atoms with Crippen molar-refractivity contribution in [1.29, 1.82) is 5.41 Å². The van der Waals surface area contributed by atoms with Gasteiger partial charge in [-0.1, -0.05) is 31.2 Å². The lowest BCUT2D eigenvalue weighted by Crippen LogP contribution is -2.48. The number of pyridine rings is 1. The van der Waals surface area contributed by atoms with Gasteiger partial charge in [0.05, 0.1) is 18.6 Å². The smallest absolute Gasteiger partial charge is 0.237 e. The highest BCUT2D eigenvalue weighted by Crippen LogP contribution is 2.57. The van der Waals surface area contributed by atoms with Crippen LogP contribution in [0, 0.1) is 16.7 Å². The second-order valence-corrected chi connectivity index (χ2v) is 9.89. The molecule has 1 unspecified atom stereocenters. The van der Waals surface area contributed by atoms with Gasteiger partial charge in [0, 0.05) is 24.8 Å². The second kappa shape index (κ2) is 9.19. The van der Waals surface area contributed by atoms with Crippen molar-refractivity contribution in [1.82, 2.24) is 19.9 Å². The monoisotopic (exact) mass is 470 g/mol. The Balaban J connectivity index is 1.58. The van der Waals surface area contributed by atoms with Crippen molar-refractivity contribution >= 4 is 11.9 Å². The van der Waals surface area contributed by atoms with Crippen LogP contribution in [-0.2, 0) is 17.8 Å². The summed E-state index contributed by atoms with van der Waals surface area (Å²) in [6.45, 7) is 2.09. The van der Waals surface area contributed by atoms with Gasteiger partial charge in [-0.05, 0) is 71.4 Å². The van der Waals surface area contributed by atoms with Crippen LogP contribution in [0.3, 0.4) is 0 Å². The summed E-state index contributed by atoms with van der Waals surface area (Å²) in [5.74, 6) is -0.500. The minimum absolute atomic E-state index is 0.0391. The average molecular weight is 471 g/mol. The number of aromatic nitrogens is 3. The summed E-state index contributed by atoms with van der Waals surface area (Å²) in [6.07, 6.45) is 9.29. The summed E-state index contributed by atoms with van der Waals surface area (Å²) in [5.41, 5.74) is 9.70. The van der Waals surface area contributed by atoms with Crippen molar-refractivity contribution in [2.75, 3.05) is 0 Å². The lowest BCUT2D eigenvalue weighted by molar-refractivity contribution is -0.134. The van der Waals surface area contributed by atoms with Crippen molar-refractivity contribution in [3.05, 3.63) is 78.1 Å². The Labute approximate surface area is 204 Å². The first kappa shape index (κ1) is 23.1. The van der Waals surface area contributed by atoms with E-state index in [1.807, 2.05) is 18.3 Å². The van der Waals surface area contributed by atoms with Gasteiger partial charge in [0.25, 0.3) is 0 Å². The van der Waals surface area contributed by atoms with Crippen LogP contribution in [0.15, 0.2) is 61.2 Å². The number of nitrogens with one attached hydrogen (secondary N) is 1. The molecule has 8 heteroatoms. The Kier molecular flexibility index (Phi) is 6.06. The van der Waals surface area contributed by atoms with Crippen LogP contribution in [-0.4, -0.2) is 42.9 Å². The van der Waals surface area contributed by atoms with E-state index in [1.165, 1.54) is 4.90 Å². The first-order chi connectivity index (χ1) is 16.9. The fourth-order valence-corrected chi connectivity index (χ4v) is 5.96. The standard InChI is InChI=1S/C27H30N6O2/c1-17-13-27(8-7-22(17)34)14-19-6-5-18(20-4-2-9-30-15-20)12-21(19)24(27)25(35)33(26(28)29)16-23-31-10-3-11-32-23/h2-6,9-12,15,17,22,24,34H,7-8,13-14,16H2,1H3,(H3,28,29)/t17-,22-,24?,27-/m0/s1. The molecule has 1 saturated carbocycles. The highest BCUT2D eigenvalue weighted by Gasteiger charge is 2.53. The summed E-state index contributed by atoms with van der Waals surface area (Å²) in [4.78, 5) is 28.3. The first-order valence-corrected chi connectivity index (χ1v) is 12.0. The first-order valence-electron chi connectivity index (χ1n) is 12.0. The van der Waals surface area contributed by atoms with Crippen molar-refractivity contribution in [2.24, 2.45) is 17.1 Å². The summed E-state index contributed by atoms with van der Waals surface area (Å²) >= 11 is 0. The van der Waals surface area contributed by atoms with E-state index in [9.17, 15) is 9.90 Å². The zero-order valence-electron chi connectivity index (χ0n) is 19.8. The molecule has 0 saturated heterocycles. The molecule has 1 amide bonds. The quantitative estimate of drug-likeness (QED) is 0.396. The number of aliphatic hydroxyl groups is 1. The van der Waals surface area contributed by atoms with Gasteiger partial charge >= 0.3 is 0 Å². The van der Waals surface area contributed by atoms with E-state index in [0.717, 1.165) is 41.5 Å². The van der Waals surface area contributed by atoms with Crippen molar-refractivity contribution in [3.63, 3.8) is 0 Å². The fraction of sp³-hybridized carbons (Fsp3) is 0.370. The van der Waals surface area contributed by atoms with Crippen LogP contribution < -0.4 is 5.73 Å². The molecule has 2 aliphatic rings. The van der Waals surface area contributed by atoms with Gasteiger partial charge in [-0.15, -0.1) is 0 Å². The molecule has 0 radical (unpaired) electrons. The third-order valence-electron chi connectivity index (χ3n) is 7.65. The van der Waals surface area contributed by atoms with Gasteiger partial charge in [0.1, 0.15) is 5.82 Å². The van der Waals surface area contributed by atoms with Crippen LogP contribution in [0.25, 0.3) is 11.1 Å². The van der Waals surface area contributed by atoms with E-state index in [1.54, 1.807) is 24.7 Å². The van der Waals surface area contributed by atoms with Crippen LogP contribution in [0.4, 0.5) is 0 Å². The number of rotatable bonds is 4. The molecular weight excluding hydrogens is 440 g/mol. The number of carbonyl (C=O) groups is 1. The summed E-state index contributed by atoms with van der Waals surface area (Å²) < 4.78 is 0. The van der Waals surface area contributed by atoms with Crippen molar-refractivity contribution in [2.45, 2.75) is 51.2 Å². The number of hydrogen-bond acceptors (Lipinski definition) is 6. The van der Waals surface area contributed by atoms with Crippen molar-refractivity contribution in [3.8, 4) is 11.1 Å². The number of nitrogens with zero attached hydrogens (tertiary/aromatic N) is 4. The van der Waals surface area contributed by atoms with Gasteiger partial charge in [-0.2, -0.15) is 0 Å². The number of hydrogen-bond donors (Lipinski definition) is 3. The maximum Gasteiger partial charge on any atom is 0.237 e. The van der Waals surface area contributed by atoms with Crippen molar-refractivity contribution < 1.29 is 9.90 Å². The molecule has 0 bridgehead atoms. The van der Waals surface area contributed by atoms with E-state index in [0.29, 0.717) is 12.2 Å². The summed E-state index contributed by atoms with van der Waals surface area (Å²) in [6, 6.07) is 11.9. The van der Waals surface area contributed by atoms with E-state index in [4.69, 9.17) is 11.1 Å². The second-order valence-electron chi connectivity index (χ2n) is 9.89. The Morgan fingerprint density at radius 3 is 2.69 bits per heavy atom. The lowest BCUT2D eigenvalue weighted by Gasteiger charge is -2.44. The number of carbonyl (C=O) groups excluding carboxylic acids is 1. The van der Waals surface area contributed by atoms with Gasteiger partial charge in [0.15, 0.2) is 5.96 Å². The van der Waals surface area contributed by atoms with Gasteiger partial charge in [-0.3, -0.25) is 20.1 Å². The molecule has 8 nitrogen and oxygen atoms in total. The lowest BCUT2D eigenvalue weighted by atomic mass is 9.62. The van der Waals surface area contributed by atoms with E-state index in [-0.39, 0.29) is 35.8 Å². The summed E-state index contributed by atoms with van der Waals surface area (Å²) in [5, 5.41) is 18.7. The molecule has 35 heavy (non-hydrogen) atoms. The third kappa shape index (κ3) is 4.30. The van der Waals surface area contributed by atoms with Gasteiger partial charge in [0.2, 0.25) is 5.91 Å². The van der Waals surface area contributed by atoms with Crippen LogP contribution in [0.1, 0.15) is 49.1 Å². The zero-order valence-corrected chi connectivity index (χ0v) is 19.8. The minimum atomic E-state index is -0.475. The highest BCUT2D eigenvalue weighted by molar-refractivity contribution is 5.99. The molecule has 2 aromatic heterocycles. The molecule has 1 spiro atoms. The maximum atomic E-state index is 14.2. The van der Waals surface area contributed by atoms with Crippen LogP contribution >= 0.6 is 0 Å². The number of benzene rings is 1. The van der Waals surface area contributed by atoms with Crippen LogP contribution in [0.2, 0.25) is 0 Å². The SMILES string of the molecule is C[C@H]1C[C@@]2(CC[C@@H]1O)Cc1ccc(-c3cccnc3)cc1C2C(=O)N(Cc1ncccn1)C(=N)N. The normalized spacial score (nSPS) is 25.3. The molecule has 0 aliphatic heterocycles. The molecule has 4 N–H and O–H groups in total. The van der Waals surface area contributed by atoms with Gasteiger partial charge in [-0.25, -0.2) is 9.97 Å². The number of amides is 1. The minimum Gasteiger partial charge on any atom is -0.393 e. The molecular formula is C27H30N6O2. The molecule has 2 aliphatic carbocycles. The predicted molar refractivity (Wildman–Crippen MR) is 132 cm³/mol. The molecule has 5 rings (SSSR count). The average Bonchev–Trinajstić information content (AvgIpc) is 3.18. The van der Waals surface area contributed by atoms with E-state index in [2.05, 4.69) is 40.1 Å². The molecule has 180 valence electrons. The maximum absolute atomic E-state index is 14.2. The number of nitrogens with two attached hydrogens (primary N) is 1. The molecule has 1 aromatic carbocycles. The molecule has 1 fully saturated rings. The Bertz CT molecular complexity index is 1230. The highest BCUT2D eigenvalue weighted by atomic mass is 16.3. The van der Waals surface area contributed by atoms with E-state index >= 15 is 0 Å². The number of guanidine groups is 1. The predicted octanol–water partition coefficient (Wildman–Crippen LogP) is 3.27. The number of aliphatic hydroxyl groups excluding tert-OH is 1. The Morgan fingerprint density at radius 1 is 1.20 bits per heavy atom. The Hall–Kier alpha value is -3.65. The Morgan fingerprint density at radius 2 is 2.00 bits per heavy atom. The summed E-state index contributed by atoms with van der Waals surface area (Å²) in [7, 11) is 0. The third-order valence-corrected chi connectivity index (χ3v) is 7.65. The molecule has 3 aromatic rings. The largest absolute Gasteiger partial charge is 0.393 e. The topological polar surface area (TPSA) is 129 Å². The fourth-order valence-electron chi connectivity index (χ4n) is 5.96. The van der Waals surface area contributed by atoms with E-state index < -0.39 is 5.92 Å². The molecule has 4 atom stereocenters. The zero-order chi connectivity index (χ0) is 24.6. The number of fused-ring (bicyclic) bond motifs is 1.